The largest absolute Gasteiger partial charge is 0.274 e. The maximum Gasteiger partial charge on any atom is 0.238 e. The molecule has 0 N–H and O–H groups in total. The van der Waals surface area contributed by atoms with Crippen LogP contribution in [0.4, 0.5) is 5.69 Å². The summed E-state index contributed by atoms with van der Waals surface area (Å²) in [7, 11) is 0. The first-order valence-electron chi connectivity index (χ1n) is 10.1. The van der Waals surface area contributed by atoms with Gasteiger partial charge in [-0.2, -0.15) is 0 Å². The van der Waals surface area contributed by atoms with Crippen LogP contribution in [0.5, 0.6) is 0 Å². The van der Waals surface area contributed by atoms with Gasteiger partial charge in [0.2, 0.25) is 11.8 Å². The lowest BCUT2D eigenvalue weighted by atomic mass is 9.85. The SMILES string of the molecule is CCc1ccc(N2C(=O)C3C4C=CC(C4=C4CCCCC4)C3C2=O)cc1. The molecule has 5 rings (SSSR count). The lowest BCUT2D eigenvalue weighted by molar-refractivity contribution is -0.122. The van der Waals surface area contributed by atoms with Crippen molar-refractivity contribution in [3.05, 3.63) is 53.1 Å². The van der Waals surface area contributed by atoms with E-state index >= 15 is 0 Å². The first-order valence-corrected chi connectivity index (χ1v) is 10.1. The number of nitrogens with zero attached hydrogens (tertiary/aromatic N) is 1. The number of aryl methyl sites for hydroxylation is 1. The number of fused-ring (bicyclic) bond motifs is 5. The minimum absolute atomic E-state index is 0.00927. The van der Waals surface area contributed by atoms with E-state index in [1.807, 2.05) is 24.3 Å². The van der Waals surface area contributed by atoms with Gasteiger partial charge in [0, 0.05) is 11.8 Å². The molecule has 1 aliphatic heterocycles. The van der Waals surface area contributed by atoms with Crippen LogP contribution in [0.1, 0.15) is 44.6 Å². The van der Waals surface area contributed by atoms with E-state index in [0.717, 1.165) is 24.9 Å². The van der Waals surface area contributed by atoms with Crippen LogP contribution in [0.25, 0.3) is 0 Å². The molecular formula is C23H25NO2. The third kappa shape index (κ3) is 2.12. The van der Waals surface area contributed by atoms with Crippen LogP contribution in [-0.2, 0) is 16.0 Å². The van der Waals surface area contributed by atoms with Gasteiger partial charge in [0.05, 0.1) is 17.5 Å². The Morgan fingerprint density at radius 2 is 1.46 bits per heavy atom. The molecule has 2 saturated carbocycles. The van der Waals surface area contributed by atoms with Gasteiger partial charge in [0.15, 0.2) is 0 Å². The number of imide groups is 1. The van der Waals surface area contributed by atoms with Crippen LogP contribution in [0.2, 0.25) is 0 Å². The average Bonchev–Trinajstić information content (AvgIpc) is 3.32. The fourth-order valence-electron chi connectivity index (χ4n) is 5.64. The molecule has 4 aliphatic rings. The van der Waals surface area contributed by atoms with Crippen molar-refractivity contribution in [2.45, 2.75) is 45.4 Å². The summed E-state index contributed by atoms with van der Waals surface area (Å²) in [5.74, 6) is -0.00509. The fraction of sp³-hybridized carbons (Fsp3) is 0.478. The molecule has 3 heteroatoms. The topological polar surface area (TPSA) is 37.4 Å². The summed E-state index contributed by atoms with van der Waals surface area (Å²) in [6.07, 6.45) is 11.5. The predicted octanol–water partition coefficient (Wildman–Crippen LogP) is 4.43. The van der Waals surface area contributed by atoms with Crippen molar-refractivity contribution >= 4 is 17.5 Å². The number of carbonyl (C=O) groups excluding carboxylic acids is 2. The highest BCUT2D eigenvalue weighted by molar-refractivity contribution is 6.23. The molecule has 1 aromatic carbocycles. The van der Waals surface area contributed by atoms with Gasteiger partial charge in [-0.25, -0.2) is 4.90 Å². The van der Waals surface area contributed by atoms with E-state index < -0.39 is 0 Å². The standard InChI is InChI=1S/C23H25NO2/c1-2-14-8-10-16(11-9-14)24-22(25)20-17-12-13-18(21(20)23(24)26)19(17)15-6-4-3-5-7-15/h8-13,17-18,20-21H,2-7H2,1H3. The molecule has 1 heterocycles. The number of anilines is 1. The molecule has 3 aliphatic carbocycles. The Balaban J connectivity index is 1.49. The minimum Gasteiger partial charge on any atom is -0.274 e. The van der Waals surface area contributed by atoms with Gasteiger partial charge < -0.3 is 0 Å². The number of carbonyl (C=O) groups is 2. The van der Waals surface area contributed by atoms with Gasteiger partial charge in [-0.15, -0.1) is 0 Å². The zero-order valence-electron chi connectivity index (χ0n) is 15.3. The first kappa shape index (κ1) is 16.0. The molecule has 134 valence electrons. The van der Waals surface area contributed by atoms with Gasteiger partial charge in [0.25, 0.3) is 0 Å². The lowest BCUT2D eigenvalue weighted by Gasteiger charge is -2.23. The minimum atomic E-state index is -0.173. The summed E-state index contributed by atoms with van der Waals surface area (Å²) in [5, 5.41) is 0. The van der Waals surface area contributed by atoms with E-state index in [4.69, 9.17) is 0 Å². The summed E-state index contributed by atoms with van der Waals surface area (Å²) < 4.78 is 0. The van der Waals surface area contributed by atoms with Crippen molar-refractivity contribution in [2.24, 2.45) is 23.7 Å². The highest BCUT2D eigenvalue weighted by atomic mass is 16.2. The van der Waals surface area contributed by atoms with Crippen molar-refractivity contribution in [1.82, 2.24) is 0 Å². The van der Waals surface area contributed by atoms with Crippen LogP contribution in [0.3, 0.4) is 0 Å². The third-order valence-electron chi connectivity index (χ3n) is 6.88. The lowest BCUT2D eigenvalue weighted by Crippen LogP contribution is -2.33. The molecule has 4 unspecified atom stereocenters. The van der Waals surface area contributed by atoms with Crippen molar-refractivity contribution in [3.8, 4) is 0 Å². The highest BCUT2D eigenvalue weighted by Gasteiger charge is 2.62. The van der Waals surface area contributed by atoms with Crippen molar-refractivity contribution < 1.29 is 9.59 Å². The summed E-state index contributed by atoms with van der Waals surface area (Å²) in [4.78, 5) is 27.9. The Hall–Kier alpha value is -2.16. The Kier molecular flexibility index (Phi) is 3.66. The molecule has 0 aromatic heterocycles. The molecule has 1 aromatic rings. The van der Waals surface area contributed by atoms with E-state index in [1.165, 1.54) is 35.3 Å². The molecule has 3 nitrogen and oxygen atoms in total. The van der Waals surface area contributed by atoms with E-state index in [2.05, 4.69) is 19.1 Å². The normalized spacial score (nSPS) is 32.7. The second kappa shape index (κ2) is 5.94. The number of allylic oxidation sites excluding steroid dienone is 4. The molecule has 0 spiro atoms. The smallest absolute Gasteiger partial charge is 0.238 e. The Morgan fingerprint density at radius 1 is 0.885 bits per heavy atom. The van der Waals surface area contributed by atoms with Crippen molar-refractivity contribution in [2.75, 3.05) is 4.90 Å². The number of benzene rings is 1. The van der Waals surface area contributed by atoms with Crippen LogP contribution in [0.15, 0.2) is 47.6 Å². The quantitative estimate of drug-likeness (QED) is 0.586. The maximum atomic E-state index is 13.2. The monoisotopic (exact) mass is 347 g/mol. The molecule has 26 heavy (non-hydrogen) atoms. The van der Waals surface area contributed by atoms with Crippen molar-refractivity contribution in [1.29, 1.82) is 0 Å². The van der Waals surface area contributed by atoms with Gasteiger partial charge in [-0.05, 0) is 49.8 Å². The molecule has 2 bridgehead atoms. The van der Waals surface area contributed by atoms with Crippen LogP contribution in [-0.4, -0.2) is 11.8 Å². The molecule has 1 saturated heterocycles. The highest BCUT2D eigenvalue weighted by Crippen LogP contribution is 2.58. The van der Waals surface area contributed by atoms with Crippen LogP contribution < -0.4 is 4.90 Å². The van der Waals surface area contributed by atoms with E-state index in [9.17, 15) is 9.59 Å². The summed E-state index contributed by atoms with van der Waals surface area (Å²) >= 11 is 0. The van der Waals surface area contributed by atoms with Gasteiger partial charge >= 0.3 is 0 Å². The number of hydrogen-bond acceptors (Lipinski definition) is 2. The second-order valence-electron chi connectivity index (χ2n) is 8.14. The van der Waals surface area contributed by atoms with E-state index in [-0.39, 0.29) is 35.5 Å². The van der Waals surface area contributed by atoms with Gasteiger partial charge in [-0.3, -0.25) is 9.59 Å². The summed E-state index contributed by atoms with van der Waals surface area (Å²) in [6, 6.07) is 7.88. The number of rotatable bonds is 2. The molecular weight excluding hydrogens is 322 g/mol. The average molecular weight is 347 g/mol. The third-order valence-corrected chi connectivity index (χ3v) is 6.88. The zero-order valence-corrected chi connectivity index (χ0v) is 15.3. The summed E-state index contributed by atoms with van der Waals surface area (Å²) in [5.41, 5.74) is 4.93. The maximum absolute atomic E-state index is 13.2. The zero-order chi connectivity index (χ0) is 17.8. The van der Waals surface area contributed by atoms with Gasteiger partial charge in [-0.1, -0.05) is 48.8 Å². The Morgan fingerprint density at radius 3 is 2.00 bits per heavy atom. The van der Waals surface area contributed by atoms with Gasteiger partial charge in [0.1, 0.15) is 0 Å². The Labute approximate surface area is 154 Å². The fourth-order valence-corrected chi connectivity index (χ4v) is 5.64. The molecule has 4 atom stereocenters. The molecule has 0 radical (unpaired) electrons. The predicted molar refractivity (Wildman–Crippen MR) is 102 cm³/mol. The van der Waals surface area contributed by atoms with Crippen molar-refractivity contribution in [3.63, 3.8) is 0 Å². The summed E-state index contributed by atoms with van der Waals surface area (Å²) in [6.45, 7) is 2.11. The van der Waals surface area contributed by atoms with E-state index in [0.29, 0.717) is 0 Å². The Bertz CT molecular complexity index is 790. The first-order chi connectivity index (χ1) is 12.7. The van der Waals surface area contributed by atoms with Crippen LogP contribution in [0, 0.1) is 23.7 Å². The van der Waals surface area contributed by atoms with Crippen LogP contribution >= 0.6 is 0 Å². The number of hydrogen-bond donors (Lipinski definition) is 0. The molecule has 3 fully saturated rings. The van der Waals surface area contributed by atoms with E-state index in [1.54, 1.807) is 5.57 Å². The second-order valence-corrected chi connectivity index (χ2v) is 8.14. The molecule has 2 amide bonds. The number of amides is 2.